The lowest BCUT2D eigenvalue weighted by Gasteiger charge is -2.17. The Morgan fingerprint density at radius 2 is 1.82 bits per heavy atom. The van der Waals surface area contributed by atoms with E-state index in [0.717, 1.165) is 0 Å². The van der Waals surface area contributed by atoms with Gasteiger partial charge in [0, 0.05) is 0 Å². The molecular weight excluding hydrogens is 237 g/mol. The van der Waals surface area contributed by atoms with Gasteiger partial charge in [-0.3, -0.25) is 5.21 Å². The quantitative estimate of drug-likeness (QED) is 0.610. The molecule has 1 fully saturated rings. The minimum absolute atomic E-state index is 0.114. The van der Waals surface area contributed by atoms with Gasteiger partial charge in [0.25, 0.3) is 0 Å². The number of rotatable bonds is 1. The first-order valence-corrected chi connectivity index (χ1v) is 4.82. The van der Waals surface area contributed by atoms with Crippen molar-refractivity contribution in [2.75, 3.05) is 6.54 Å². The normalized spacial score (nSPS) is 21.2. The van der Waals surface area contributed by atoms with E-state index in [1.54, 1.807) is 30.3 Å². The highest BCUT2D eigenvalue weighted by Gasteiger charge is 2.50. The number of alkyl halides is 3. The van der Waals surface area contributed by atoms with Gasteiger partial charge in [-0.2, -0.15) is 5.06 Å². The second kappa shape index (κ2) is 3.92. The zero-order valence-electron chi connectivity index (χ0n) is 8.55. The summed E-state index contributed by atoms with van der Waals surface area (Å²) in [4.78, 5) is 10.9. The summed E-state index contributed by atoms with van der Waals surface area (Å²) >= 11 is 0. The summed E-state index contributed by atoms with van der Waals surface area (Å²) in [5.74, 6) is 0. The molecule has 0 spiro atoms. The molecule has 0 aliphatic carbocycles. The van der Waals surface area contributed by atoms with E-state index in [-0.39, 0.29) is 9.96 Å². The van der Waals surface area contributed by atoms with E-state index < -0.39 is 24.9 Å². The topological polar surface area (TPSA) is 43.8 Å². The monoisotopic (exact) mass is 246 g/mol. The third-order valence-electron chi connectivity index (χ3n) is 2.57. The third-order valence-corrected chi connectivity index (χ3v) is 2.57. The van der Waals surface area contributed by atoms with Gasteiger partial charge in [-0.25, -0.2) is 9.69 Å². The molecule has 1 aliphatic heterocycles. The minimum Gasteiger partial charge on any atom is -0.284 e. The molecule has 1 aromatic carbocycles. The molecule has 7 heteroatoms. The Bertz CT molecular complexity index is 421. The van der Waals surface area contributed by atoms with Crippen molar-refractivity contribution >= 4 is 6.03 Å². The minimum atomic E-state index is -4.78. The molecule has 0 bridgehead atoms. The Morgan fingerprint density at radius 3 is 2.29 bits per heavy atom. The van der Waals surface area contributed by atoms with Crippen molar-refractivity contribution in [2.45, 2.75) is 12.3 Å². The maximum atomic E-state index is 12.4. The lowest BCUT2D eigenvalue weighted by atomic mass is 10.1. The number of halogens is 3. The summed E-state index contributed by atoms with van der Waals surface area (Å²) in [7, 11) is 0. The van der Waals surface area contributed by atoms with Crippen molar-refractivity contribution in [3.05, 3.63) is 35.9 Å². The van der Waals surface area contributed by atoms with Crippen molar-refractivity contribution in [2.24, 2.45) is 0 Å². The van der Waals surface area contributed by atoms with Crippen molar-refractivity contribution in [3.8, 4) is 0 Å². The highest BCUT2D eigenvalue weighted by Crippen LogP contribution is 2.34. The second-order valence-electron chi connectivity index (χ2n) is 3.63. The number of carbonyl (C=O) groups is 1. The predicted molar refractivity (Wildman–Crippen MR) is 51.0 cm³/mol. The Labute approximate surface area is 94.8 Å². The fraction of sp³-hybridized carbons (Fsp3) is 0.300. The van der Waals surface area contributed by atoms with Crippen LogP contribution in [0.2, 0.25) is 0 Å². The molecule has 1 aliphatic rings. The molecule has 1 heterocycles. The van der Waals surface area contributed by atoms with Crippen molar-refractivity contribution in [3.63, 3.8) is 0 Å². The van der Waals surface area contributed by atoms with E-state index in [4.69, 9.17) is 0 Å². The van der Waals surface area contributed by atoms with Crippen LogP contribution >= 0.6 is 0 Å². The van der Waals surface area contributed by atoms with Crippen LogP contribution < -0.4 is 0 Å². The summed E-state index contributed by atoms with van der Waals surface area (Å²) in [6.45, 7) is -0.608. The number of urea groups is 1. The molecule has 0 radical (unpaired) electrons. The van der Waals surface area contributed by atoms with Crippen molar-refractivity contribution < 1.29 is 23.2 Å². The molecule has 2 amide bonds. The van der Waals surface area contributed by atoms with E-state index in [9.17, 15) is 23.2 Å². The number of hydrogen-bond donors (Lipinski definition) is 1. The van der Waals surface area contributed by atoms with Gasteiger partial charge < -0.3 is 0 Å². The summed E-state index contributed by atoms with van der Waals surface area (Å²) in [6.07, 6.45) is -4.78. The van der Waals surface area contributed by atoms with Gasteiger partial charge in [-0.15, -0.1) is 13.2 Å². The second-order valence-corrected chi connectivity index (χ2v) is 3.63. The summed E-state index contributed by atoms with van der Waals surface area (Å²) < 4.78 is 37.3. The molecule has 0 saturated carbocycles. The van der Waals surface area contributed by atoms with Gasteiger partial charge in [0.05, 0.1) is 6.54 Å². The van der Waals surface area contributed by atoms with Crippen LogP contribution in [0, 0.1) is 0 Å². The van der Waals surface area contributed by atoms with E-state index in [2.05, 4.69) is 0 Å². The number of amides is 2. The first-order chi connectivity index (χ1) is 7.91. The average molecular weight is 246 g/mol. The highest BCUT2D eigenvalue weighted by atomic mass is 19.4. The van der Waals surface area contributed by atoms with Crippen LogP contribution in [0.3, 0.4) is 0 Å². The largest absolute Gasteiger partial charge is 0.488 e. The maximum Gasteiger partial charge on any atom is 0.488 e. The van der Waals surface area contributed by atoms with Gasteiger partial charge in [-0.1, -0.05) is 30.3 Å². The number of carbonyl (C=O) groups excluding carboxylic acids is 1. The smallest absolute Gasteiger partial charge is 0.284 e. The van der Waals surface area contributed by atoms with Crippen LogP contribution in [0.5, 0.6) is 0 Å². The Kier molecular flexibility index (Phi) is 2.70. The SMILES string of the molecule is O=C1N(O)C(c2ccccc2)CN1C(F)(F)F. The summed E-state index contributed by atoms with van der Waals surface area (Å²) in [5, 5.41) is 9.50. The molecule has 0 aromatic heterocycles. The van der Waals surface area contributed by atoms with Crippen LogP contribution in [0.25, 0.3) is 0 Å². The highest BCUT2D eigenvalue weighted by molar-refractivity contribution is 5.76. The van der Waals surface area contributed by atoms with Crippen LogP contribution in [0.4, 0.5) is 18.0 Å². The Hall–Kier alpha value is -1.76. The lowest BCUT2D eigenvalue weighted by Crippen LogP contribution is -2.40. The molecule has 2 rings (SSSR count). The molecule has 1 N–H and O–H groups in total. The number of hydrogen-bond acceptors (Lipinski definition) is 2. The zero-order valence-corrected chi connectivity index (χ0v) is 8.55. The first kappa shape index (κ1) is 11.7. The summed E-state index contributed by atoms with van der Waals surface area (Å²) in [5.41, 5.74) is 0.454. The predicted octanol–water partition coefficient (Wildman–Crippen LogP) is 2.37. The fourth-order valence-electron chi connectivity index (χ4n) is 1.72. The number of hydroxylamine groups is 2. The standard InChI is InChI=1S/C10H9F3N2O2/c11-10(12,13)14-6-8(15(17)9(14)16)7-4-2-1-3-5-7/h1-5,8,17H,6H2. The van der Waals surface area contributed by atoms with Gasteiger partial charge in [0.2, 0.25) is 0 Å². The third kappa shape index (κ3) is 2.05. The van der Waals surface area contributed by atoms with E-state index in [0.29, 0.717) is 5.56 Å². The van der Waals surface area contributed by atoms with E-state index in [1.165, 1.54) is 0 Å². The van der Waals surface area contributed by atoms with Gasteiger partial charge in [0.15, 0.2) is 0 Å². The molecule has 1 unspecified atom stereocenters. The molecule has 1 atom stereocenters. The molecule has 1 saturated heterocycles. The molecule has 4 nitrogen and oxygen atoms in total. The lowest BCUT2D eigenvalue weighted by molar-refractivity contribution is -0.220. The average Bonchev–Trinajstić information content (AvgIpc) is 2.57. The maximum absolute atomic E-state index is 12.4. The van der Waals surface area contributed by atoms with Crippen molar-refractivity contribution in [1.29, 1.82) is 0 Å². The van der Waals surface area contributed by atoms with Gasteiger partial charge in [-0.05, 0) is 5.56 Å². The Balaban J connectivity index is 2.26. The van der Waals surface area contributed by atoms with Crippen LogP contribution in [-0.4, -0.2) is 34.0 Å². The van der Waals surface area contributed by atoms with Crippen LogP contribution in [0.1, 0.15) is 11.6 Å². The number of nitrogens with zero attached hydrogens (tertiary/aromatic N) is 2. The first-order valence-electron chi connectivity index (χ1n) is 4.82. The van der Waals surface area contributed by atoms with Gasteiger partial charge >= 0.3 is 12.3 Å². The Morgan fingerprint density at radius 1 is 1.24 bits per heavy atom. The van der Waals surface area contributed by atoms with Crippen molar-refractivity contribution in [1.82, 2.24) is 9.96 Å². The molecular formula is C10H9F3N2O2. The fourth-order valence-corrected chi connectivity index (χ4v) is 1.72. The van der Waals surface area contributed by atoms with Crippen LogP contribution in [-0.2, 0) is 0 Å². The van der Waals surface area contributed by atoms with E-state index in [1.807, 2.05) is 0 Å². The van der Waals surface area contributed by atoms with E-state index >= 15 is 0 Å². The molecule has 17 heavy (non-hydrogen) atoms. The summed E-state index contributed by atoms with van der Waals surface area (Å²) in [6, 6.07) is 5.62. The molecule has 92 valence electrons. The molecule has 1 aromatic rings. The number of benzene rings is 1. The zero-order chi connectivity index (χ0) is 12.6. The van der Waals surface area contributed by atoms with Crippen LogP contribution in [0.15, 0.2) is 30.3 Å². The van der Waals surface area contributed by atoms with Gasteiger partial charge in [0.1, 0.15) is 6.04 Å².